The number of nitrogens with two attached hydrogens (primary N) is 1. The Labute approximate surface area is 96.0 Å². The van der Waals surface area contributed by atoms with Crippen LogP contribution in [0.15, 0.2) is 18.2 Å². The van der Waals surface area contributed by atoms with E-state index >= 15 is 0 Å². The van der Waals surface area contributed by atoms with Gasteiger partial charge in [-0.05, 0) is 42.6 Å². The van der Waals surface area contributed by atoms with Crippen molar-refractivity contribution in [2.75, 3.05) is 27.4 Å². The van der Waals surface area contributed by atoms with Gasteiger partial charge >= 0.3 is 0 Å². The van der Waals surface area contributed by atoms with Crippen LogP contribution in [0.2, 0.25) is 0 Å². The fourth-order valence-electron chi connectivity index (χ4n) is 1.57. The van der Waals surface area contributed by atoms with E-state index in [1.807, 2.05) is 18.2 Å². The van der Waals surface area contributed by atoms with Gasteiger partial charge in [-0.1, -0.05) is 0 Å². The predicted molar refractivity (Wildman–Crippen MR) is 62.9 cm³/mol. The van der Waals surface area contributed by atoms with Crippen molar-refractivity contribution in [3.8, 4) is 11.5 Å². The normalized spacial score (nSPS) is 12.2. The molecule has 0 fully saturated rings. The number of benzene rings is 1. The van der Waals surface area contributed by atoms with E-state index in [4.69, 9.17) is 20.3 Å². The summed E-state index contributed by atoms with van der Waals surface area (Å²) in [5.41, 5.74) is 6.57. The van der Waals surface area contributed by atoms with Crippen LogP contribution < -0.4 is 15.2 Å². The minimum atomic E-state index is 0.0565. The van der Waals surface area contributed by atoms with Gasteiger partial charge in [0.15, 0.2) is 0 Å². The highest BCUT2D eigenvalue weighted by atomic mass is 16.5. The molecule has 3 N–H and O–H groups in total. The van der Waals surface area contributed by atoms with Gasteiger partial charge in [0, 0.05) is 6.61 Å². The second-order valence-electron chi connectivity index (χ2n) is 3.67. The van der Waals surface area contributed by atoms with Crippen LogP contribution in [-0.2, 0) is 6.42 Å². The van der Waals surface area contributed by atoms with Crippen molar-refractivity contribution >= 4 is 0 Å². The third kappa shape index (κ3) is 3.12. The summed E-state index contributed by atoms with van der Waals surface area (Å²) in [5, 5.41) is 9.13. The number of ether oxygens (including phenoxy) is 2. The smallest absolute Gasteiger partial charge is 0.122 e. The molecule has 4 nitrogen and oxygen atoms in total. The first kappa shape index (κ1) is 12.8. The van der Waals surface area contributed by atoms with Crippen LogP contribution in [0.25, 0.3) is 0 Å². The number of hydrogen-bond acceptors (Lipinski definition) is 4. The topological polar surface area (TPSA) is 64.7 Å². The molecular weight excluding hydrogens is 206 g/mol. The molecule has 1 rings (SSSR count). The summed E-state index contributed by atoms with van der Waals surface area (Å²) in [5.74, 6) is 1.64. The molecule has 16 heavy (non-hydrogen) atoms. The fraction of sp³-hybridized carbons (Fsp3) is 0.500. The summed E-state index contributed by atoms with van der Waals surface area (Å²) in [6, 6.07) is 5.62. The first-order chi connectivity index (χ1) is 7.74. The molecule has 0 spiro atoms. The quantitative estimate of drug-likeness (QED) is 0.752. The Bertz CT molecular complexity index is 324. The average molecular weight is 225 g/mol. The molecule has 90 valence electrons. The third-order valence-corrected chi connectivity index (χ3v) is 2.59. The number of hydrogen-bond donors (Lipinski definition) is 2. The Hall–Kier alpha value is -1.26. The van der Waals surface area contributed by atoms with E-state index in [-0.39, 0.29) is 12.5 Å². The number of rotatable bonds is 6. The minimum absolute atomic E-state index is 0.0565. The maximum atomic E-state index is 9.13. The Morgan fingerprint density at radius 1 is 1.31 bits per heavy atom. The summed E-state index contributed by atoms with van der Waals surface area (Å²) < 4.78 is 10.4. The number of aliphatic hydroxyl groups excluding tert-OH is 1. The van der Waals surface area contributed by atoms with Gasteiger partial charge in [0.25, 0.3) is 0 Å². The summed E-state index contributed by atoms with van der Waals surface area (Å²) >= 11 is 0. The summed E-state index contributed by atoms with van der Waals surface area (Å²) in [6.07, 6.45) is 0.688. The Morgan fingerprint density at radius 2 is 2.06 bits per heavy atom. The maximum Gasteiger partial charge on any atom is 0.122 e. The summed E-state index contributed by atoms with van der Waals surface area (Å²) in [6.45, 7) is 0.535. The lowest BCUT2D eigenvalue weighted by Gasteiger charge is -2.15. The van der Waals surface area contributed by atoms with Crippen molar-refractivity contribution in [1.29, 1.82) is 0 Å². The van der Waals surface area contributed by atoms with E-state index in [2.05, 4.69) is 0 Å². The molecule has 1 atom stereocenters. The van der Waals surface area contributed by atoms with Crippen LogP contribution in [0.4, 0.5) is 0 Å². The molecule has 1 aromatic rings. The van der Waals surface area contributed by atoms with E-state index in [1.54, 1.807) is 14.2 Å². The molecule has 0 saturated heterocycles. The standard InChI is InChI=1S/C12H19NO3/c1-15-11-3-4-12(16-2)10(6-11)5-9(7-13)8-14/h3-4,6,9,14H,5,7-8,13H2,1-2H3/t9-/m0/s1. The fourth-order valence-corrected chi connectivity index (χ4v) is 1.57. The van der Waals surface area contributed by atoms with E-state index < -0.39 is 0 Å². The molecule has 0 bridgehead atoms. The zero-order valence-corrected chi connectivity index (χ0v) is 9.77. The molecule has 0 aliphatic heterocycles. The largest absolute Gasteiger partial charge is 0.497 e. The van der Waals surface area contributed by atoms with Gasteiger partial charge in [0.05, 0.1) is 14.2 Å². The maximum absolute atomic E-state index is 9.13. The molecule has 0 heterocycles. The highest BCUT2D eigenvalue weighted by Crippen LogP contribution is 2.26. The molecule has 0 aliphatic carbocycles. The van der Waals surface area contributed by atoms with E-state index in [0.29, 0.717) is 13.0 Å². The van der Waals surface area contributed by atoms with E-state index in [1.165, 1.54) is 0 Å². The number of aliphatic hydroxyl groups is 1. The zero-order valence-electron chi connectivity index (χ0n) is 9.77. The van der Waals surface area contributed by atoms with Crippen LogP contribution in [0, 0.1) is 5.92 Å². The monoisotopic (exact) mass is 225 g/mol. The summed E-state index contributed by atoms with van der Waals surface area (Å²) in [4.78, 5) is 0. The molecule has 0 aliphatic rings. The third-order valence-electron chi connectivity index (χ3n) is 2.59. The van der Waals surface area contributed by atoms with Gasteiger partial charge in [0.2, 0.25) is 0 Å². The Balaban J connectivity index is 2.90. The van der Waals surface area contributed by atoms with Gasteiger partial charge < -0.3 is 20.3 Å². The Kier molecular flexibility index (Phi) is 5.08. The van der Waals surface area contributed by atoms with E-state index in [9.17, 15) is 0 Å². The molecular formula is C12H19NO3. The van der Waals surface area contributed by atoms with Crippen LogP contribution in [0.5, 0.6) is 11.5 Å². The molecule has 0 unspecified atom stereocenters. The van der Waals surface area contributed by atoms with Gasteiger partial charge in [-0.3, -0.25) is 0 Å². The van der Waals surface area contributed by atoms with Crippen LogP contribution in [-0.4, -0.2) is 32.5 Å². The van der Waals surface area contributed by atoms with Gasteiger partial charge in [-0.15, -0.1) is 0 Å². The molecule has 1 aromatic carbocycles. The lowest BCUT2D eigenvalue weighted by atomic mass is 9.99. The van der Waals surface area contributed by atoms with Gasteiger partial charge in [-0.2, -0.15) is 0 Å². The van der Waals surface area contributed by atoms with Crippen LogP contribution in [0.3, 0.4) is 0 Å². The number of methoxy groups -OCH3 is 2. The SMILES string of the molecule is COc1ccc(OC)c(C[C@@H](CN)CO)c1. The van der Waals surface area contributed by atoms with Crippen LogP contribution >= 0.6 is 0 Å². The first-order valence-electron chi connectivity index (χ1n) is 5.27. The van der Waals surface area contributed by atoms with Crippen molar-refractivity contribution in [1.82, 2.24) is 0 Å². The molecule has 0 saturated carbocycles. The first-order valence-corrected chi connectivity index (χ1v) is 5.27. The molecule has 0 radical (unpaired) electrons. The summed E-state index contributed by atoms with van der Waals surface area (Å²) in [7, 11) is 3.25. The molecule has 0 aromatic heterocycles. The second kappa shape index (κ2) is 6.35. The highest BCUT2D eigenvalue weighted by Gasteiger charge is 2.11. The van der Waals surface area contributed by atoms with Crippen LogP contribution in [0.1, 0.15) is 5.56 Å². The van der Waals surface area contributed by atoms with Crippen molar-refractivity contribution in [2.45, 2.75) is 6.42 Å². The molecule has 4 heteroatoms. The average Bonchev–Trinajstić information content (AvgIpc) is 2.35. The zero-order chi connectivity index (χ0) is 12.0. The predicted octanol–water partition coefficient (Wildman–Crippen LogP) is 0.813. The van der Waals surface area contributed by atoms with Gasteiger partial charge in [0.1, 0.15) is 11.5 Å². The Morgan fingerprint density at radius 3 is 2.56 bits per heavy atom. The van der Waals surface area contributed by atoms with E-state index in [0.717, 1.165) is 17.1 Å². The van der Waals surface area contributed by atoms with Crippen molar-refractivity contribution in [2.24, 2.45) is 11.7 Å². The lowest BCUT2D eigenvalue weighted by Crippen LogP contribution is -2.20. The second-order valence-corrected chi connectivity index (χ2v) is 3.67. The van der Waals surface area contributed by atoms with Crippen molar-refractivity contribution in [3.05, 3.63) is 23.8 Å². The molecule has 0 amide bonds. The highest BCUT2D eigenvalue weighted by molar-refractivity contribution is 5.40. The minimum Gasteiger partial charge on any atom is -0.497 e. The lowest BCUT2D eigenvalue weighted by molar-refractivity contribution is 0.228. The van der Waals surface area contributed by atoms with Gasteiger partial charge in [-0.25, -0.2) is 0 Å². The van der Waals surface area contributed by atoms with Crippen molar-refractivity contribution in [3.63, 3.8) is 0 Å². The van der Waals surface area contributed by atoms with Crippen molar-refractivity contribution < 1.29 is 14.6 Å².